The predicted octanol–water partition coefficient (Wildman–Crippen LogP) is 5.29. The zero-order chi connectivity index (χ0) is 41.9. The first kappa shape index (κ1) is 43.0. The first-order valence-electron chi connectivity index (χ1n) is 19.6. The Morgan fingerprint density at radius 2 is 1.72 bits per heavy atom. The van der Waals surface area contributed by atoms with Gasteiger partial charge in [0.15, 0.2) is 5.69 Å². The molecule has 3 aliphatic heterocycles. The average molecular weight is 827 g/mol. The van der Waals surface area contributed by atoms with Crippen molar-refractivity contribution in [3.8, 4) is 6.07 Å². The lowest BCUT2D eigenvalue weighted by Gasteiger charge is -2.44. The van der Waals surface area contributed by atoms with E-state index in [1.54, 1.807) is 26.0 Å². The number of anilines is 1. The van der Waals surface area contributed by atoms with E-state index in [-0.39, 0.29) is 59.3 Å². The second kappa shape index (κ2) is 17.7. The molecule has 3 saturated heterocycles. The Morgan fingerprint density at radius 1 is 1.05 bits per heavy atom. The number of imide groups is 2. The summed E-state index contributed by atoms with van der Waals surface area (Å²) in [7, 11) is 0. The van der Waals surface area contributed by atoms with Crippen molar-refractivity contribution in [3.05, 3.63) is 53.3 Å². The second-order valence-corrected chi connectivity index (χ2v) is 17.1. The van der Waals surface area contributed by atoms with Gasteiger partial charge in [-0.15, -0.1) is 0 Å². The van der Waals surface area contributed by atoms with Crippen molar-refractivity contribution in [2.24, 2.45) is 0 Å². The summed E-state index contributed by atoms with van der Waals surface area (Å²) in [5.74, 6) is -1.59. The molecule has 0 radical (unpaired) electrons. The summed E-state index contributed by atoms with van der Waals surface area (Å²) in [4.78, 5) is 73.3. The topological polar surface area (TPSA) is 168 Å². The number of nitrogens with zero attached hydrogens (tertiary/aromatic N) is 6. The summed E-state index contributed by atoms with van der Waals surface area (Å²) in [6.07, 6.45) is 0.442. The van der Waals surface area contributed by atoms with Crippen LogP contribution in [0.1, 0.15) is 95.4 Å². The molecular formula is C40H49F3N8O6S. The van der Waals surface area contributed by atoms with Gasteiger partial charge in [0.1, 0.15) is 11.6 Å². The number of benzene rings is 1. The van der Waals surface area contributed by atoms with E-state index in [9.17, 15) is 37.1 Å². The van der Waals surface area contributed by atoms with E-state index in [0.717, 1.165) is 48.2 Å². The summed E-state index contributed by atoms with van der Waals surface area (Å²) in [6, 6.07) is 8.81. The molecule has 0 bridgehead atoms. The molecule has 4 aliphatic rings. The number of pyridine rings is 1. The number of amides is 6. The Kier molecular flexibility index (Phi) is 13.2. The van der Waals surface area contributed by atoms with Crippen LogP contribution in [0.5, 0.6) is 0 Å². The monoisotopic (exact) mass is 826 g/mol. The van der Waals surface area contributed by atoms with Crippen LogP contribution < -0.4 is 10.6 Å². The smallest absolute Gasteiger partial charge is 0.378 e. The minimum Gasteiger partial charge on any atom is -0.378 e. The maximum absolute atomic E-state index is 13.6. The lowest BCUT2D eigenvalue weighted by Crippen LogP contribution is -2.58. The highest BCUT2D eigenvalue weighted by Gasteiger charge is 2.55. The molecule has 2 aromatic rings. The Hall–Kier alpha value is -4.57. The van der Waals surface area contributed by atoms with Crippen molar-refractivity contribution in [1.29, 1.82) is 5.26 Å². The number of halogens is 3. The van der Waals surface area contributed by atoms with E-state index < -0.39 is 34.9 Å². The lowest BCUT2D eigenvalue weighted by atomic mass is 9.89. The fourth-order valence-electron chi connectivity index (χ4n) is 8.52. The van der Waals surface area contributed by atoms with Gasteiger partial charge in [-0.1, -0.05) is 12.1 Å². The van der Waals surface area contributed by atoms with Gasteiger partial charge in [0.25, 0.3) is 5.91 Å². The van der Waals surface area contributed by atoms with Crippen LogP contribution in [-0.2, 0) is 30.1 Å². The quantitative estimate of drug-likeness (QED) is 0.124. The first-order valence-corrected chi connectivity index (χ1v) is 20.4. The maximum atomic E-state index is 13.6. The first-order chi connectivity index (χ1) is 27.5. The van der Waals surface area contributed by atoms with E-state index in [1.807, 2.05) is 12.1 Å². The number of carbonyl (C=O) groups is 5. The molecule has 1 unspecified atom stereocenters. The molecule has 4 heterocycles. The van der Waals surface area contributed by atoms with Crippen LogP contribution in [0.3, 0.4) is 0 Å². The molecule has 6 rings (SSSR count). The van der Waals surface area contributed by atoms with Gasteiger partial charge in [0, 0.05) is 79.5 Å². The number of hydrogen-bond acceptors (Lipinski definition) is 11. The normalized spacial score (nSPS) is 25.8. The molecule has 58 heavy (non-hydrogen) atoms. The summed E-state index contributed by atoms with van der Waals surface area (Å²) >= 11 is 0.575. The summed E-state index contributed by atoms with van der Waals surface area (Å²) in [5.41, 5.74) is -1.77. The highest BCUT2D eigenvalue weighted by Crippen LogP contribution is 2.41. The number of nitriles is 1. The summed E-state index contributed by atoms with van der Waals surface area (Å²) in [5, 5.41) is 14.4. The molecule has 312 valence electrons. The van der Waals surface area contributed by atoms with E-state index >= 15 is 0 Å². The number of hydrogen-bond donors (Lipinski definition) is 2. The van der Waals surface area contributed by atoms with E-state index in [4.69, 9.17) is 10.00 Å². The predicted molar refractivity (Wildman–Crippen MR) is 207 cm³/mol. The number of urea groups is 1. The number of piperidine rings is 1. The molecule has 1 aromatic heterocycles. The van der Waals surface area contributed by atoms with Crippen LogP contribution in [0.2, 0.25) is 0 Å². The molecule has 2 N–H and O–H groups in total. The van der Waals surface area contributed by atoms with Crippen molar-refractivity contribution >= 4 is 47.3 Å². The molecule has 0 spiro atoms. The molecule has 18 heteroatoms. The number of alkyl halides is 3. The van der Waals surface area contributed by atoms with Crippen LogP contribution in [0, 0.1) is 11.3 Å². The van der Waals surface area contributed by atoms with Gasteiger partial charge < -0.3 is 19.9 Å². The standard InChI is InChI=1S/C40H49F3N8O6S/c1-24-21-48(22-25(2)49(24)23-35(53)46-27-8-6-26(7-9-27)31-14-15-34(52)47-36(31)54)16-5-17-57-29-12-10-28(11-13-29)50-38(56)51(37(55)39(50,3)4)58-30-18-32(40(41,42)43)33(19-44)45-20-30/h6-9,18,20,24-25,28-29,31H,5,10-17,21-23H2,1-4H3,(H,46,53)(H,47,52,54)/t24-,25+,28?,29?,31?. The van der Waals surface area contributed by atoms with Crippen LogP contribution in [0.25, 0.3) is 0 Å². The zero-order valence-corrected chi connectivity index (χ0v) is 33.8. The third kappa shape index (κ3) is 9.65. The number of nitrogens with one attached hydrogen (secondary N) is 2. The van der Waals surface area contributed by atoms with Crippen molar-refractivity contribution in [2.45, 2.75) is 119 Å². The highest BCUT2D eigenvalue weighted by atomic mass is 32.2. The highest BCUT2D eigenvalue weighted by molar-refractivity contribution is 7.98. The minimum absolute atomic E-state index is 0.00519. The molecule has 1 aliphatic carbocycles. The van der Waals surface area contributed by atoms with Crippen molar-refractivity contribution < 1.29 is 41.9 Å². The average Bonchev–Trinajstić information content (AvgIpc) is 3.33. The van der Waals surface area contributed by atoms with Crippen molar-refractivity contribution in [1.82, 2.24) is 29.3 Å². The van der Waals surface area contributed by atoms with Crippen LogP contribution in [0.4, 0.5) is 23.7 Å². The van der Waals surface area contributed by atoms with Gasteiger partial charge >= 0.3 is 12.2 Å². The maximum Gasteiger partial charge on any atom is 0.419 e. The second-order valence-electron chi connectivity index (χ2n) is 16.0. The van der Waals surface area contributed by atoms with Gasteiger partial charge in [0.2, 0.25) is 17.7 Å². The minimum atomic E-state index is -4.82. The van der Waals surface area contributed by atoms with Crippen LogP contribution in [-0.4, -0.2) is 116 Å². The molecule has 1 aromatic carbocycles. The van der Waals surface area contributed by atoms with E-state index in [0.29, 0.717) is 62.8 Å². The third-order valence-corrected chi connectivity index (χ3v) is 12.4. The van der Waals surface area contributed by atoms with Gasteiger partial charge in [-0.3, -0.25) is 29.4 Å². The Morgan fingerprint density at radius 3 is 2.34 bits per heavy atom. The fourth-order valence-corrected chi connectivity index (χ4v) is 9.47. The molecule has 3 atom stereocenters. The van der Waals surface area contributed by atoms with Crippen molar-refractivity contribution in [3.63, 3.8) is 0 Å². The largest absolute Gasteiger partial charge is 0.419 e. The fraction of sp³-hybridized carbons (Fsp3) is 0.575. The van der Waals surface area contributed by atoms with Crippen molar-refractivity contribution in [2.75, 3.05) is 38.1 Å². The molecule has 1 saturated carbocycles. The van der Waals surface area contributed by atoms with Crippen LogP contribution >= 0.6 is 11.9 Å². The molecule has 14 nitrogen and oxygen atoms in total. The number of rotatable bonds is 12. The third-order valence-electron chi connectivity index (χ3n) is 11.5. The Labute approximate surface area is 339 Å². The number of carbonyl (C=O) groups excluding carboxylic acids is 5. The van der Waals surface area contributed by atoms with Crippen LogP contribution in [0.15, 0.2) is 41.4 Å². The van der Waals surface area contributed by atoms with E-state index in [2.05, 4.69) is 39.3 Å². The van der Waals surface area contributed by atoms with Gasteiger partial charge in [0.05, 0.1) is 24.1 Å². The summed E-state index contributed by atoms with van der Waals surface area (Å²) in [6.45, 7) is 10.8. The molecular weight excluding hydrogens is 778 g/mol. The van der Waals surface area contributed by atoms with Gasteiger partial charge in [-0.05, 0) is 90.0 Å². The summed E-state index contributed by atoms with van der Waals surface area (Å²) < 4.78 is 47.7. The molecule has 4 fully saturated rings. The molecule has 6 amide bonds. The Balaban J connectivity index is 0.907. The zero-order valence-electron chi connectivity index (χ0n) is 33.0. The van der Waals surface area contributed by atoms with Gasteiger partial charge in [-0.25, -0.2) is 9.78 Å². The van der Waals surface area contributed by atoms with Gasteiger partial charge in [-0.2, -0.15) is 22.7 Å². The van der Waals surface area contributed by atoms with E-state index in [1.165, 1.54) is 11.0 Å². The number of piperazine rings is 1. The SMILES string of the molecule is C[C@@H]1CN(CCCOC2CCC(N3C(=O)N(Sc4cnc(C#N)c(C(F)(F)F)c4)C(=O)C3(C)C)CC2)C[C@H](C)N1CC(=O)Nc1ccc(C2CCC(=O)NC2=O)cc1. The number of ether oxygens (including phenoxy) is 1. The number of aromatic nitrogens is 1. The lowest BCUT2D eigenvalue weighted by molar-refractivity contribution is -0.138. The Bertz CT molecular complexity index is 1920.